The van der Waals surface area contributed by atoms with E-state index in [4.69, 9.17) is 0 Å². The van der Waals surface area contributed by atoms with Gasteiger partial charge in [-0.2, -0.15) is 18.3 Å². The molecule has 0 saturated carbocycles. The lowest BCUT2D eigenvalue weighted by Gasteiger charge is -2.05. The summed E-state index contributed by atoms with van der Waals surface area (Å²) in [6, 6.07) is 3.24. The van der Waals surface area contributed by atoms with Gasteiger partial charge in [0, 0.05) is 0 Å². The van der Waals surface area contributed by atoms with Gasteiger partial charge in [0.05, 0.1) is 5.69 Å². The van der Waals surface area contributed by atoms with E-state index in [2.05, 4.69) is 26.0 Å². The Bertz CT molecular complexity index is 622. The molecule has 0 unspecified atom stereocenters. The van der Waals surface area contributed by atoms with Gasteiger partial charge in [0.25, 0.3) is 0 Å². The Morgan fingerprint density at radius 2 is 2.11 bits per heavy atom. The molecule has 0 spiro atoms. The molecule has 2 rings (SSSR count). The first-order valence-electron chi connectivity index (χ1n) is 4.69. The van der Waals surface area contributed by atoms with E-state index in [1.54, 1.807) is 24.4 Å². The van der Waals surface area contributed by atoms with Crippen LogP contribution in [-0.4, -0.2) is 26.7 Å². The van der Waals surface area contributed by atoms with Crippen molar-refractivity contribution in [3.05, 3.63) is 22.4 Å². The number of alkyl halides is 3. The van der Waals surface area contributed by atoms with E-state index in [1.807, 2.05) is 0 Å². The number of fused-ring (bicyclic) bond motifs is 1. The Kier molecular flexibility index (Phi) is 3.01. The Hall–Kier alpha value is -1.64. The molecule has 0 aliphatic heterocycles. The highest BCUT2D eigenvalue weighted by molar-refractivity contribution is 9.10. The molecule has 0 aromatic carbocycles. The first-order valence-corrected chi connectivity index (χ1v) is 5.48. The highest BCUT2D eigenvalue weighted by Crippen LogP contribution is 2.25. The van der Waals surface area contributed by atoms with Crippen molar-refractivity contribution in [2.75, 3.05) is 5.32 Å². The molecular formula is C9H6BrF3N4O. The number of amides is 1. The van der Waals surface area contributed by atoms with Crippen LogP contribution in [0.3, 0.4) is 0 Å². The maximum absolute atomic E-state index is 12.1. The summed E-state index contributed by atoms with van der Waals surface area (Å²) in [6.07, 6.45) is -4.96. The van der Waals surface area contributed by atoms with Gasteiger partial charge in [-0.15, -0.1) is 0 Å². The Balaban J connectivity index is 2.41. The molecule has 2 aromatic rings. The summed E-state index contributed by atoms with van der Waals surface area (Å²) in [5, 5.41) is 5.72. The summed E-state index contributed by atoms with van der Waals surface area (Å²) in [4.78, 5) is 14.6. The second-order valence-electron chi connectivity index (χ2n) is 3.45. The molecule has 0 saturated heterocycles. The zero-order valence-electron chi connectivity index (χ0n) is 8.92. The summed E-state index contributed by atoms with van der Waals surface area (Å²) in [7, 11) is 0. The lowest BCUT2D eigenvalue weighted by atomic mass is 10.4. The van der Waals surface area contributed by atoms with Crippen LogP contribution in [0.2, 0.25) is 0 Å². The van der Waals surface area contributed by atoms with E-state index >= 15 is 0 Å². The van der Waals surface area contributed by atoms with Crippen molar-refractivity contribution in [3.8, 4) is 0 Å². The number of nitrogens with one attached hydrogen (secondary N) is 1. The van der Waals surface area contributed by atoms with Crippen molar-refractivity contribution < 1.29 is 18.0 Å². The standard InChI is InChI=1S/C9H6BrF3N4O/c1-4-2-3-5-14-7(6(10)17(5)16-4)15-8(18)9(11,12)13/h2-3H,1H3,(H,15,18). The zero-order valence-corrected chi connectivity index (χ0v) is 10.5. The van der Waals surface area contributed by atoms with Gasteiger partial charge >= 0.3 is 12.1 Å². The number of imidazole rings is 1. The van der Waals surface area contributed by atoms with Crippen LogP contribution < -0.4 is 5.32 Å². The van der Waals surface area contributed by atoms with Gasteiger partial charge in [0.15, 0.2) is 16.1 Å². The summed E-state index contributed by atoms with van der Waals surface area (Å²) >= 11 is 3.04. The summed E-state index contributed by atoms with van der Waals surface area (Å²) in [5.41, 5.74) is 0.985. The average Bonchev–Trinajstić information content (AvgIpc) is 2.55. The van der Waals surface area contributed by atoms with Crippen LogP contribution >= 0.6 is 15.9 Å². The molecule has 0 aliphatic carbocycles. The fourth-order valence-electron chi connectivity index (χ4n) is 1.26. The number of hydrogen-bond donors (Lipinski definition) is 1. The summed E-state index contributed by atoms with van der Waals surface area (Å²) in [5.74, 6) is -2.31. The third-order valence-corrected chi connectivity index (χ3v) is 2.76. The van der Waals surface area contributed by atoms with Crippen LogP contribution in [0.15, 0.2) is 16.7 Å². The SMILES string of the molecule is Cc1ccc2nc(NC(=O)C(F)(F)F)c(Br)n2n1. The molecule has 18 heavy (non-hydrogen) atoms. The van der Waals surface area contributed by atoms with Gasteiger partial charge in [-0.1, -0.05) is 0 Å². The van der Waals surface area contributed by atoms with Gasteiger partial charge in [0.2, 0.25) is 0 Å². The van der Waals surface area contributed by atoms with E-state index in [-0.39, 0.29) is 10.4 Å². The topological polar surface area (TPSA) is 59.3 Å². The van der Waals surface area contributed by atoms with Gasteiger partial charge < -0.3 is 5.32 Å². The second-order valence-corrected chi connectivity index (χ2v) is 4.20. The predicted molar refractivity (Wildman–Crippen MR) is 60.1 cm³/mol. The molecule has 2 heterocycles. The van der Waals surface area contributed by atoms with Crippen LogP contribution in [-0.2, 0) is 4.79 Å². The van der Waals surface area contributed by atoms with E-state index in [0.29, 0.717) is 11.3 Å². The van der Waals surface area contributed by atoms with Crippen LogP contribution in [0.1, 0.15) is 5.69 Å². The maximum Gasteiger partial charge on any atom is 0.471 e. The van der Waals surface area contributed by atoms with Crippen molar-refractivity contribution in [2.24, 2.45) is 0 Å². The van der Waals surface area contributed by atoms with Crippen LogP contribution in [0.5, 0.6) is 0 Å². The molecule has 0 aliphatic rings. The fourth-order valence-corrected chi connectivity index (χ4v) is 1.70. The minimum atomic E-state index is -4.96. The fraction of sp³-hybridized carbons (Fsp3) is 0.222. The van der Waals surface area contributed by atoms with Gasteiger partial charge in [-0.25, -0.2) is 9.50 Å². The van der Waals surface area contributed by atoms with Gasteiger partial charge in [-0.3, -0.25) is 4.79 Å². The number of nitrogens with zero attached hydrogens (tertiary/aromatic N) is 3. The molecule has 0 bridgehead atoms. The van der Waals surface area contributed by atoms with Crippen LogP contribution in [0.25, 0.3) is 5.65 Å². The number of aryl methyl sites for hydroxylation is 1. The van der Waals surface area contributed by atoms with Crippen molar-refractivity contribution in [2.45, 2.75) is 13.1 Å². The number of aromatic nitrogens is 3. The lowest BCUT2D eigenvalue weighted by Crippen LogP contribution is -2.30. The molecule has 96 valence electrons. The number of hydrogen-bond acceptors (Lipinski definition) is 3. The average molecular weight is 323 g/mol. The predicted octanol–water partition coefficient (Wildman–Crippen LogP) is 2.30. The third kappa shape index (κ3) is 2.30. The molecule has 2 aromatic heterocycles. The Labute approximate surface area is 107 Å². The smallest absolute Gasteiger partial charge is 0.300 e. The summed E-state index contributed by atoms with van der Waals surface area (Å²) in [6.45, 7) is 1.72. The van der Waals surface area contributed by atoms with Gasteiger partial charge in [0.1, 0.15) is 0 Å². The van der Waals surface area contributed by atoms with E-state index < -0.39 is 12.1 Å². The van der Waals surface area contributed by atoms with E-state index in [0.717, 1.165) is 0 Å². The zero-order chi connectivity index (χ0) is 13.5. The van der Waals surface area contributed by atoms with Crippen molar-refractivity contribution in [1.82, 2.24) is 14.6 Å². The normalized spacial score (nSPS) is 11.8. The minimum Gasteiger partial charge on any atom is -0.300 e. The van der Waals surface area contributed by atoms with Crippen LogP contribution in [0, 0.1) is 6.92 Å². The molecule has 1 amide bonds. The number of anilines is 1. The minimum absolute atomic E-state index is 0.152. The first-order chi connectivity index (χ1) is 8.29. The van der Waals surface area contributed by atoms with Gasteiger partial charge in [-0.05, 0) is 35.0 Å². The number of halogens is 4. The molecule has 5 nitrogen and oxygen atoms in total. The van der Waals surface area contributed by atoms with Crippen molar-refractivity contribution in [1.29, 1.82) is 0 Å². The van der Waals surface area contributed by atoms with Crippen molar-refractivity contribution >= 4 is 33.3 Å². The third-order valence-electron chi connectivity index (χ3n) is 2.05. The number of carbonyl (C=O) groups excluding carboxylic acids is 1. The molecule has 1 N–H and O–H groups in total. The molecule has 0 atom stereocenters. The van der Waals surface area contributed by atoms with E-state index in [1.165, 1.54) is 4.52 Å². The number of carbonyl (C=O) groups is 1. The quantitative estimate of drug-likeness (QED) is 0.876. The number of rotatable bonds is 1. The Morgan fingerprint density at radius 1 is 1.44 bits per heavy atom. The molecule has 0 radical (unpaired) electrons. The van der Waals surface area contributed by atoms with Crippen molar-refractivity contribution in [3.63, 3.8) is 0 Å². The molecule has 0 fully saturated rings. The van der Waals surface area contributed by atoms with Crippen LogP contribution in [0.4, 0.5) is 19.0 Å². The largest absolute Gasteiger partial charge is 0.471 e. The molecule has 9 heteroatoms. The second kappa shape index (κ2) is 4.23. The lowest BCUT2D eigenvalue weighted by molar-refractivity contribution is -0.167. The maximum atomic E-state index is 12.1. The summed E-state index contributed by atoms with van der Waals surface area (Å²) < 4.78 is 37.8. The highest BCUT2D eigenvalue weighted by atomic mass is 79.9. The highest BCUT2D eigenvalue weighted by Gasteiger charge is 2.39. The first kappa shape index (κ1) is 12.8. The Morgan fingerprint density at radius 3 is 2.72 bits per heavy atom. The molecular weight excluding hydrogens is 317 g/mol. The monoisotopic (exact) mass is 322 g/mol. The van der Waals surface area contributed by atoms with E-state index in [9.17, 15) is 18.0 Å².